The summed E-state index contributed by atoms with van der Waals surface area (Å²) in [5.74, 6) is 0.916. The van der Waals surface area contributed by atoms with E-state index < -0.39 is 0 Å². The molecular weight excluding hydrogens is 242 g/mol. The number of nitrogens with two attached hydrogens (primary N) is 1. The van der Waals surface area contributed by atoms with Crippen LogP contribution in [0.4, 0.5) is 0 Å². The van der Waals surface area contributed by atoms with Crippen LogP contribution in [0.1, 0.15) is 22.8 Å². The summed E-state index contributed by atoms with van der Waals surface area (Å²) < 4.78 is 10.9. The van der Waals surface area contributed by atoms with Crippen molar-refractivity contribution in [2.45, 2.75) is 13.3 Å². The summed E-state index contributed by atoms with van der Waals surface area (Å²) in [4.78, 5) is 11.8. The third-order valence-electron chi connectivity index (χ3n) is 2.72. The predicted octanol–water partition coefficient (Wildman–Crippen LogP) is 1.81. The first-order valence-corrected chi connectivity index (χ1v) is 5.91. The van der Waals surface area contributed by atoms with Crippen molar-refractivity contribution in [3.8, 4) is 11.5 Å². The topological polar surface area (TPSA) is 61.6 Å². The second-order valence-corrected chi connectivity index (χ2v) is 4.10. The molecule has 0 unspecified atom stereocenters. The van der Waals surface area contributed by atoms with Crippen molar-refractivity contribution >= 4 is 17.4 Å². The Hall–Kier alpha value is -1.26. The van der Waals surface area contributed by atoms with Gasteiger partial charge in [0, 0.05) is 5.56 Å². The minimum Gasteiger partial charge on any atom is -0.486 e. The van der Waals surface area contributed by atoms with Gasteiger partial charge in [-0.1, -0.05) is 18.5 Å². The Balaban J connectivity index is 2.59. The maximum Gasteiger partial charge on any atom is 0.180 e. The highest BCUT2D eigenvalue weighted by Gasteiger charge is 2.23. The maximum atomic E-state index is 11.8. The van der Waals surface area contributed by atoms with Crippen LogP contribution in [0.3, 0.4) is 0 Å². The average Bonchev–Trinajstić information content (AvgIpc) is 2.37. The maximum absolute atomic E-state index is 11.8. The Kier molecular flexibility index (Phi) is 3.54. The van der Waals surface area contributed by atoms with Crippen LogP contribution < -0.4 is 15.2 Å². The van der Waals surface area contributed by atoms with E-state index in [9.17, 15) is 4.79 Å². The highest BCUT2D eigenvalue weighted by molar-refractivity contribution is 6.33. The molecule has 0 fully saturated rings. The van der Waals surface area contributed by atoms with Gasteiger partial charge in [-0.05, 0) is 18.1 Å². The Morgan fingerprint density at radius 2 is 2.18 bits per heavy atom. The van der Waals surface area contributed by atoms with Crippen LogP contribution in [0.15, 0.2) is 6.07 Å². The van der Waals surface area contributed by atoms with Crippen molar-refractivity contribution in [3.05, 3.63) is 22.2 Å². The van der Waals surface area contributed by atoms with Crippen molar-refractivity contribution in [2.75, 3.05) is 19.8 Å². The molecule has 1 aliphatic rings. The molecule has 1 heterocycles. The van der Waals surface area contributed by atoms with Crippen LogP contribution >= 0.6 is 11.6 Å². The monoisotopic (exact) mass is 255 g/mol. The minimum absolute atomic E-state index is 0.0387. The van der Waals surface area contributed by atoms with Crippen molar-refractivity contribution < 1.29 is 14.3 Å². The van der Waals surface area contributed by atoms with E-state index in [0.29, 0.717) is 41.7 Å². The first-order valence-electron chi connectivity index (χ1n) is 5.53. The van der Waals surface area contributed by atoms with Crippen LogP contribution in [0.25, 0.3) is 0 Å². The third-order valence-corrected chi connectivity index (χ3v) is 3.12. The van der Waals surface area contributed by atoms with Gasteiger partial charge < -0.3 is 15.2 Å². The fourth-order valence-electron chi connectivity index (χ4n) is 1.89. The SMILES string of the molecule is CCc1c(C(=O)CN)cc2c(c1Cl)OCCO2. The Morgan fingerprint density at radius 1 is 1.47 bits per heavy atom. The van der Waals surface area contributed by atoms with Gasteiger partial charge in [0.1, 0.15) is 13.2 Å². The first-order chi connectivity index (χ1) is 8.19. The molecule has 0 saturated carbocycles. The van der Waals surface area contributed by atoms with Crippen LogP contribution in [-0.4, -0.2) is 25.5 Å². The van der Waals surface area contributed by atoms with E-state index in [1.165, 1.54) is 0 Å². The molecule has 2 N–H and O–H groups in total. The summed E-state index contributed by atoms with van der Waals surface area (Å²) in [6, 6.07) is 1.67. The number of Topliss-reactive ketones (excluding diaryl/α,β-unsaturated/α-hetero) is 1. The highest BCUT2D eigenvalue weighted by atomic mass is 35.5. The number of carbonyl (C=O) groups excluding carboxylic acids is 1. The zero-order chi connectivity index (χ0) is 12.4. The van der Waals surface area contributed by atoms with E-state index in [2.05, 4.69) is 0 Å². The molecule has 0 spiro atoms. The molecule has 2 rings (SSSR count). The van der Waals surface area contributed by atoms with Gasteiger partial charge in [-0.15, -0.1) is 0 Å². The zero-order valence-corrected chi connectivity index (χ0v) is 10.3. The van der Waals surface area contributed by atoms with Gasteiger partial charge in [0.25, 0.3) is 0 Å². The second kappa shape index (κ2) is 4.94. The molecule has 1 aromatic carbocycles. The van der Waals surface area contributed by atoms with Crippen molar-refractivity contribution in [1.82, 2.24) is 0 Å². The van der Waals surface area contributed by atoms with E-state index in [0.717, 1.165) is 5.56 Å². The Labute approximate surface area is 105 Å². The molecule has 0 aliphatic carbocycles. The molecule has 0 amide bonds. The molecule has 0 radical (unpaired) electrons. The highest BCUT2D eigenvalue weighted by Crippen LogP contribution is 2.41. The molecule has 1 aliphatic heterocycles. The molecule has 0 atom stereocenters. The van der Waals surface area contributed by atoms with E-state index in [-0.39, 0.29) is 12.3 Å². The lowest BCUT2D eigenvalue weighted by atomic mass is 10.00. The minimum atomic E-state index is -0.138. The Morgan fingerprint density at radius 3 is 2.82 bits per heavy atom. The van der Waals surface area contributed by atoms with Crippen LogP contribution in [0, 0.1) is 0 Å². The third kappa shape index (κ3) is 2.10. The number of carbonyl (C=O) groups is 1. The van der Waals surface area contributed by atoms with E-state index in [1.807, 2.05) is 6.92 Å². The largest absolute Gasteiger partial charge is 0.486 e. The molecule has 1 aromatic rings. The number of ketones is 1. The molecule has 17 heavy (non-hydrogen) atoms. The predicted molar refractivity (Wildman–Crippen MR) is 65.2 cm³/mol. The number of benzene rings is 1. The standard InChI is InChI=1S/C12H14ClNO3/c1-2-7-8(9(15)6-14)5-10-12(11(7)13)17-4-3-16-10/h5H,2-4,6,14H2,1H3. The lowest BCUT2D eigenvalue weighted by Gasteiger charge is -2.22. The van der Waals surface area contributed by atoms with Gasteiger partial charge in [0.05, 0.1) is 11.6 Å². The van der Waals surface area contributed by atoms with Gasteiger partial charge in [-0.2, -0.15) is 0 Å². The number of hydrogen-bond donors (Lipinski definition) is 1. The van der Waals surface area contributed by atoms with Gasteiger partial charge in [-0.25, -0.2) is 0 Å². The number of fused-ring (bicyclic) bond motifs is 1. The molecule has 4 nitrogen and oxygen atoms in total. The lowest BCUT2D eigenvalue weighted by molar-refractivity contribution is 0.0999. The molecule has 92 valence electrons. The molecule has 0 aromatic heterocycles. The van der Waals surface area contributed by atoms with E-state index in [1.54, 1.807) is 6.07 Å². The molecule has 5 heteroatoms. The average molecular weight is 256 g/mol. The second-order valence-electron chi connectivity index (χ2n) is 3.72. The fourth-order valence-corrected chi connectivity index (χ4v) is 2.27. The van der Waals surface area contributed by atoms with Crippen molar-refractivity contribution in [3.63, 3.8) is 0 Å². The van der Waals surface area contributed by atoms with Gasteiger partial charge >= 0.3 is 0 Å². The summed E-state index contributed by atoms with van der Waals surface area (Å²) in [5, 5.41) is 0.460. The Bertz CT molecular complexity index is 460. The number of ether oxygens (including phenoxy) is 2. The van der Waals surface area contributed by atoms with Gasteiger partial charge in [0.2, 0.25) is 0 Å². The number of rotatable bonds is 3. The van der Waals surface area contributed by atoms with Crippen molar-refractivity contribution in [2.24, 2.45) is 5.73 Å². The van der Waals surface area contributed by atoms with Gasteiger partial charge in [0.15, 0.2) is 17.3 Å². The first kappa shape index (κ1) is 12.2. The zero-order valence-electron chi connectivity index (χ0n) is 9.59. The number of halogens is 1. The summed E-state index contributed by atoms with van der Waals surface area (Å²) in [5.41, 5.74) is 6.69. The fraction of sp³-hybridized carbons (Fsp3) is 0.417. The van der Waals surface area contributed by atoms with Gasteiger partial charge in [-0.3, -0.25) is 4.79 Å². The van der Waals surface area contributed by atoms with E-state index >= 15 is 0 Å². The molecule has 0 bridgehead atoms. The molecular formula is C12H14ClNO3. The summed E-state index contributed by atoms with van der Waals surface area (Å²) in [6.45, 7) is 2.83. The molecule has 0 saturated heterocycles. The lowest BCUT2D eigenvalue weighted by Crippen LogP contribution is -2.20. The summed E-state index contributed by atoms with van der Waals surface area (Å²) in [6.07, 6.45) is 0.649. The summed E-state index contributed by atoms with van der Waals surface area (Å²) >= 11 is 6.24. The number of hydrogen-bond acceptors (Lipinski definition) is 4. The smallest absolute Gasteiger partial charge is 0.180 e. The van der Waals surface area contributed by atoms with Crippen LogP contribution in [0.5, 0.6) is 11.5 Å². The quantitative estimate of drug-likeness (QED) is 0.837. The van der Waals surface area contributed by atoms with Crippen LogP contribution in [0.2, 0.25) is 5.02 Å². The van der Waals surface area contributed by atoms with Crippen LogP contribution in [-0.2, 0) is 6.42 Å². The van der Waals surface area contributed by atoms with E-state index in [4.69, 9.17) is 26.8 Å². The van der Waals surface area contributed by atoms with Crippen molar-refractivity contribution in [1.29, 1.82) is 0 Å². The normalized spacial score (nSPS) is 13.6. The summed E-state index contributed by atoms with van der Waals surface area (Å²) in [7, 11) is 0.